The fourth-order valence-corrected chi connectivity index (χ4v) is 1.63. The molecule has 0 heterocycles. The zero-order chi connectivity index (χ0) is 12.8. The van der Waals surface area contributed by atoms with Crippen molar-refractivity contribution < 1.29 is 19.4 Å². The summed E-state index contributed by atoms with van der Waals surface area (Å²) >= 11 is 3.05. The van der Waals surface area contributed by atoms with Crippen molar-refractivity contribution in [1.29, 1.82) is 0 Å². The van der Waals surface area contributed by atoms with Crippen LogP contribution in [0.1, 0.15) is 22.8 Å². The van der Waals surface area contributed by atoms with Crippen LogP contribution in [0.2, 0.25) is 0 Å². The Balaban J connectivity index is 3.08. The molecule has 0 unspecified atom stereocenters. The first-order valence-corrected chi connectivity index (χ1v) is 6.28. The lowest BCUT2D eigenvalue weighted by Crippen LogP contribution is -2.12. The Hall–Kier alpha value is -1.36. The summed E-state index contributed by atoms with van der Waals surface area (Å²) in [6.45, 7) is 1.90. The van der Waals surface area contributed by atoms with E-state index in [0.717, 1.165) is 0 Å². The third-order valence-electron chi connectivity index (χ3n) is 2.14. The summed E-state index contributed by atoms with van der Waals surface area (Å²) in [4.78, 5) is 23.0. The zero-order valence-electron chi connectivity index (χ0n) is 9.40. The van der Waals surface area contributed by atoms with Gasteiger partial charge in [-0.2, -0.15) is 0 Å². The third-order valence-corrected chi connectivity index (χ3v) is 2.77. The Kier molecular flexibility index (Phi) is 5.15. The minimum absolute atomic E-state index is 0.0684. The van der Waals surface area contributed by atoms with Gasteiger partial charge in [0.1, 0.15) is 17.1 Å². The molecule has 1 aromatic carbocycles. The quantitative estimate of drug-likeness (QED) is 0.668. The Labute approximate surface area is 108 Å². The van der Waals surface area contributed by atoms with Gasteiger partial charge >= 0.3 is 5.97 Å². The van der Waals surface area contributed by atoms with Crippen LogP contribution in [0.4, 0.5) is 0 Å². The van der Waals surface area contributed by atoms with Crippen molar-refractivity contribution in [2.45, 2.75) is 13.3 Å². The van der Waals surface area contributed by atoms with Gasteiger partial charge in [0, 0.05) is 6.42 Å². The number of rotatable bonds is 5. The molecule has 0 aromatic heterocycles. The Morgan fingerprint density at radius 3 is 2.71 bits per heavy atom. The van der Waals surface area contributed by atoms with E-state index in [1.54, 1.807) is 19.1 Å². The lowest BCUT2D eigenvalue weighted by Gasteiger charge is -2.09. The first-order valence-electron chi connectivity index (χ1n) is 5.15. The van der Waals surface area contributed by atoms with Crippen molar-refractivity contribution in [2.75, 3.05) is 11.9 Å². The van der Waals surface area contributed by atoms with Gasteiger partial charge in [0.2, 0.25) is 0 Å². The normalized spacial score (nSPS) is 10.0. The number of hydrogen-bond acceptors (Lipinski definition) is 4. The summed E-state index contributed by atoms with van der Waals surface area (Å²) in [6, 6.07) is 4.62. The molecule has 1 rings (SSSR count). The lowest BCUT2D eigenvalue weighted by molar-refractivity contribution is -0.115. The number of esters is 1. The molecule has 0 amide bonds. The van der Waals surface area contributed by atoms with Crippen molar-refractivity contribution in [2.24, 2.45) is 0 Å². The number of Topliss-reactive ketones (excluding diaryl/α,β-unsaturated/α-hetero) is 1. The van der Waals surface area contributed by atoms with E-state index in [-0.39, 0.29) is 35.5 Å². The predicted molar refractivity (Wildman–Crippen MR) is 66.6 cm³/mol. The van der Waals surface area contributed by atoms with E-state index < -0.39 is 5.97 Å². The maximum Gasteiger partial charge on any atom is 0.342 e. The molecule has 0 bridgehead atoms. The number of carbonyl (C=O) groups excluding carboxylic acids is 2. The highest BCUT2D eigenvalue weighted by Crippen LogP contribution is 2.22. The summed E-state index contributed by atoms with van der Waals surface area (Å²) in [6.07, 6.45) is 0.0911. The third kappa shape index (κ3) is 3.56. The standard InChI is InChI=1S/C12H13BrO4/c1-2-17-12(16)11-8(6-9(14)7-13)4-3-5-10(11)15/h3-5,15H,2,6-7H2,1H3. The zero-order valence-corrected chi connectivity index (χ0v) is 11.0. The highest BCUT2D eigenvalue weighted by Gasteiger charge is 2.18. The van der Waals surface area contributed by atoms with Gasteiger partial charge in [-0.15, -0.1) is 0 Å². The molecule has 0 radical (unpaired) electrons. The SMILES string of the molecule is CCOC(=O)c1c(O)cccc1CC(=O)CBr. The molecule has 0 aliphatic carbocycles. The molecule has 0 aliphatic rings. The molecule has 1 N–H and O–H groups in total. The number of hydrogen-bond donors (Lipinski definition) is 1. The minimum Gasteiger partial charge on any atom is -0.507 e. The number of alkyl halides is 1. The molecule has 0 fully saturated rings. The molecule has 0 atom stereocenters. The molecule has 17 heavy (non-hydrogen) atoms. The Bertz CT molecular complexity index is 429. The van der Waals surface area contributed by atoms with E-state index in [4.69, 9.17) is 4.74 Å². The molecular formula is C12H13BrO4. The van der Waals surface area contributed by atoms with Crippen LogP contribution in [-0.4, -0.2) is 28.8 Å². The van der Waals surface area contributed by atoms with Gasteiger partial charge < -0.3 is 9.84 Å². The van der Waals surface area contributed by atoms with Gasteiger partial charge in [0.15, 0.2) is 0 Å². The highest BCUT2D eigenvalue weighted by atomic mass is 79.9. The molecule has 0 spiro atoms. The van der Waals surface area contributed by atoms with E-state index in [1.807, 2.05) is 0 Å². The Morgan fingerprint density at radius 1 is 1.41 bits per heavy atom. The minimum atomic E-state index is -0.608. The maximum atomic E-state index is 11.7. The first kappa shape index (κ1) is 13.7. The van der Waals surface area contributed by atoms with Crippen LogP contribution in [0.3, 0.4) is 0 Å². The van der Waals surface area contributed by atoms with Crippen LogP contribution in [0.15, 0.2) is 18.2 Å². The molecule has 4 nitrogen and oxygen atoms in total. The molecule has 0 saturated carbocycles. The number of phenolic OH excluding ortho intramolecular Hbond substituents is 1. The first-order chi connectivity index (χ1) is 8.10. The predicted octanol–water partition coefficient (Wildman–Crippen LogP) is 2.08. The van der Waals surface area contributed by atoms with Crippen molar-refractivity contribution in [3.8, 4) is 5.75 Å². The van der Waals surface area contributed by atoms with Crippen molar-refractivity contribution in [3.63, 3.8) is 0 Å². The molecule has 0 saturated heterocycles. The van der Waals surface area contributed by atoms with Crippen LogP contribution in [0, 0.1) is 0 Å². The number of ketones is 1. The van der Waals surface area contributed by atoms with Gasteiger partial charge in [0.25, 0.3) is 0 Å². The van der Waals surface area contributed by atoms with Crippen LogP contribution in [-0.2, 0) is 16.0 Å². The van der Waals surface area contributed by atoms with E-state index in [1.165, 1.54) is 6.07 Å². The van der Waals surface area contributed by atoms with E-state index in [9.17, 15) is 14.7 Å². The Morgan fingerprint density at radius 2 is 2.12 bits per heavy atom. The average molecular weight is 301 g/mol. The van der Waals surface area contributed by atoms with Crippen LogP contribution in [0.5, 0.6) is 5.75 Å². The second-order valence-electron chi connectivity index (χ2n) is 3.38. The van der Waals surface area contributed by atoms with Crippen molar-refractivity contribution in [3.05, 3.63) is 29.3 Å². The number of ether oxygens (including phenoxy) is 1. The fourth-order valence-electron chi connectivity index (χ4n) is 1.43. The highest BCUT2D eigenvalue weighted by molar-refractivity contribution is 9.09. The maximum absolute atomic E-state index is 11.7. The largest absolute Gasteiger partial charge is 0.507 e. The van der Waals surface area contributed by atoms with Crippen LogP contribution < -0.4 is 0 Å². The van der Waals surface area contributed by atoms with Gasteiger partial charge in [-0.05, 0) is 18.6 Å². The number of halogens is 1. The topological polar surface area (TPSA) is 63.6 Å². The summed E-state index contributed by atoms with van der Waals surface area (Å²) in [5.41, 5.74) is 0.552. The van der Waals surface area contributed by atoms with Crippen molar-refractivity contribution in [1.82, 2.24) is 0 Å². The molecule has 5 heteroatoms. The van der Waals surface area contributed by atoms with Gasteiger partial charge in [0.05, 0.1) is 11.9 Å². The summed E-state index contributed by atoms with van der Waals surface area (Å²) < 4.78 is 4.84. The molecule has 1 aromatic rings. The number of carbonyl (C=O) groups is 2. The van der Waals surface area contributed by atoms with Crippen LogP contribution >= 0.6 is 15.9 Å². The average Bonchev–Trinajstić information content (AvgIpc) is 2.29. The molecule has 0 aliphatic heterocycles. The summed E-state index contributed by atoms with van der Waals surface area (Å²) in [5, 5.41) is 9.86. The van der Waals surface area contributed by atoms with E-state index >= 15 is 0 Å². The fraction of sp³-hybridized carbons (Fsp3) is 0.333. The summed E-state index contributed by atoms with van der Waals surface area (Å²) in [5.74, 6) is -0.840. The van der Waals surface area contributed by atoms with Crippen LogP contribution in [0.25, 0.3) is 0 Å². The summed E-state index contributed by atoms with van der Waals surface area (Å²) in [7, 11) is 0. The van der Waals surface area contributed by atoms with Gasteiger partial charge in [-0.1, -0.05) is 28.1 Å². The molecule has 92 valence electrons. The number of aromatic hydroxyl groups is 1. The smallest absolute Gasteiger partial charge is 0.342 e. The number of benzene rings is 1. The van der Waals surface area contributed by atoms with Gasteiger partial charge in [-0.3, -0.25) is 4.79 Å². The lowest BCUT2D eigenvalue weighted by atomic mass is 10.0. The van der Waals surface area contributed by atoms with E-state index in [0.29, 0.717) is 5.56 Å². The molecular weight excluding hydrogens is 288 g/mol. The second kappa shape index (κ2) is 6.39. The monoisotopic (exact) mass is 300 g/mol. The second-order valence-corrected chi connectivity index (χ2v) is 3.94. The van der Waals surface area contributed by atoms with Crippen molar-refractivity contribution >= 4 is 27.7 Å². The van der Waals surface area contributed by atoms with Gasteiger partial charge in [-0.25, -0.2) is 4.79 Å². The van der Waals surface area contributed by atoms with E-state index in [2.05, 4.69) is 15.9 Å². The number of phenols is 1.